The maximum atomic E-state index is 11.5. The fourth-order valence-electron chi connectivity index (χ4n) is 2.66. The fraction of sp³-hybridized carbons (Fsp3) is 0.900. The quantitative estimate of drug-likeness (QED) is 0.625. The van der Waals surface area contributed by atoms with Crippen molar-refractivity contribution in [3.63, 3.8) is 0 Å². The van der Waals surface area contributed by atoms with Crippen molar-refractivity contribution in [3.8, 4) is 0 Å². The van der Waals surface area contributed by atoms with Crippen LogP contribution in [0, 0.1) is 11.8 Å². The lowest BCUT2D eigenvalue weighted by atomic mass is 9.76. The Bertz CT molecular complexity index is 205. The smallest absolute Gasteiger partial charge is 0.224 e. The Balaban J connectivity index is 2.01. The van der Waals surface area contributed by atoms with Gasteiger partial charge in [-0.05, 0) is 25.2 Å². The number of piperidine rings is 1. The SMILES string of the molecule is NC[C@@H]1C[C@@H]2CCCC[C@H]2NC1=O. The van der Waals surface area contributed by atoms with Crippen LogP contribution in [0.4, 0.5) is 0 Å². The van der Waals surface area contributed by atoms with E-state index < -0.39 is 0 Å². The highest BCUT2D eigenvalue weighted by atomic mass is 16.2. The van der Waals surface area contributed by atoms with E-state index in [0.717, 1.165) is 6.42 Å². The number of carbonyl (C=O) groups is 1. The zero-order valence-electron chi connectivity index (χ0n) is 7.96. The molecule has 2 rings (SSSR count). The third-order valence-electron chi connectivity index (χ3n) is 3.48. The van der Waals surface area contributed by atoms with E-state index in [9.17, 15) is 4.79 Å². The molecule has 3 nitrogen and oxygen atoms in total. The second-order valence-electron chi connectivity index (χ2n) is 4.33. The highest BCUT2D eigenvalue weighted by molar-refractivity contribution is 5.80. The van der Waals surface area contributed by atoms with Crippen LogP contribution in [-0.4, -0.2) is 18.5 Å². The Hall–Kier alpha value is -0.570. The Labute approximate surface area is 79.1 Å². The molecule has 0 unspecified atom stereocenters. The molecule has 0 aromatic heterocycles. The molecule has 0 bridgehead atoms. The highest BCUT2D eigenvalue weighted by Gasteiger charge is 2.35. The summed E-state index contributed by atoms with van der Waals surface area (Å²) < 4.78 is 0. The molecule has 1 saturated carbocycles. The van der Waals surface area contributed by atoms with Crippen molar-refractivity contribution in [3.05, 3.63) is 0 Å². The Morgan fingerprint density at radius 2 is 2.15 bits per heavy atom. The summed E-state index contributed by atoms with van der Waals surface area (Å²) in [6, 6.07) is 0.462. The second-order valence-corrected chi connectivity index (χ2v) is 4.33. The van der Waals surface area contributed by atoms with E-state index in [1.54, 1.807) is 0 Å². The van der Waals surface area contributed by atoms with E-state index in [2.05, 4.69) is 5.32 Å². The van der Waals surface area contributed by atoms with E-state index in [1.165, 1.54) is 25.7 Å². The molecule has 3 N–H and O–H groups in total. The molecule has 0 aromatic carbocycles. The number of rotatable bonds is 1. The number of fused-ring (bicyclic) bond motifs is 1. The van der Waals surface area contributed by atoms with Crippen LogP contribution in [0.25, 0.3) is 0 Å². The summed E-state index contributed by atoms with van der Waals surface area (Å²) in [5, 5.41) is 3.10. The lowest BCUT2D eigenvalue weighted by molar-refractivity contribution is -0.129. The average molecular weight is 182 g/mol. The molecule has 13 heavy (non-hydrogen) atoms. The van der Waals surface area contributed by atoms with Gasteiger partial charge in [-0.3, -0.25) is 4.79 Å². The zero-order chi connectivity index (χ0) is 9.26. The van der Waals surface area contributed by atoms with Crippen LogP contribution in [0.2, 0.25) is 0 Å². The topological polar surface area (TPSA) is 55.1 Å². The largest absolute Gasteiger partial charge is 0.353 e. The molecule has 1 aliphatic heterocycles. The molecule has 1 saturated heterocycles. The molecule has 74 valence electrons. The molecule has 2 fully saturated rings. The predicted octanol–water partition coefficient (Wildman–Crippen LogP) is 0.640. The Kier molecular flexibility index (Phi) is 2.54. The van der Waals surface area contributed by atoms with Crippen LogP contribution >= 0.6 is 0 Å². The summed E-state index contributed by atoms with van der Waals surface area (Å²) in [7, 11) is 0. The van der Waals surface area contributed by atoms with Crippen molar-refractivity contribution in [1.82, 2.24) is 5.32 Å². The summed E-state index contributed by atoms with van der Waals surface area (Å²) >= 11 is 0. The molecule has 1 aliphatic carbocycles. The van der Waals surface area contributed by atoms with Gasteiger partial charge in [0.25, 0.3) is 0 Å². The minimum absolute atomic E-state index is 0.0827. The summed E-state index contributed by atoms with van der Waals surface area (Å²) in [5.41, 5.74) is 5.55. The Morgan fingerprint density at radius 1 is 1.38 bits per heavy atom. The first-order valence-electron chi connectivity index (χ1n) is 5.31. The lowest BCUT2D eigenvalue weighted by Crippen LogP contribution is -2.52. The van der Waals surface area contributed by atoms with Gasteiger partial charge in [-0.2, -0.15) is 0 Å². The number of carbonyl (C=O) groups excluding carboxylic acids is 1. The number of amides is 1. The average Bonchev–Trinajstić information content (AvgIpc) is 2.17. The van der Waals surface area contributed by atoms with E-state index >= 15 is 0 Å². The van der Waals surface area contributed by atoms with Crippen molar-refractivity contribution in [2.75, 3.05) is 6.54 Å². The monoisotopic (exact) mass is 182 g/mol. The van der Waals surface area contributed by atoms with E-state index in [-0.39, 0.29) is 11.8 Å². The molecular weight excluding hydrogens is 164 g/mol. The number of nitrogens with one attached hydrogen (secondary N) is 1. The molecule has 0 spiro atoms. The third-order valence-corrected chi connectivity index (χ3v) is 3.48. The molecule has 0 radical (unpaired) electrons. The van der Waals surface area contributed by atoms with Crippen LogP contribution in [0.15, 0.2) is 0 Å². The van der Waals surface area contributed by atoms with Gasteiger partial charge >= 0.3 is 0 Å². The molecule has 1 amide bonds. The van der Waals surface area contributed by atoms with Gasteiger partial charge in [-0.1, -0.05) is 12.8 Å². The maximum absolute atomic E-state index is 11.5. The summed E-state index contributed by atoms with van der Waals surface area (Å²) in [5.74, 6) is 0.977. The van der Waals surface area contributed by atoms with Gasteiger partial charge in [0.2, 0.25) is 5.91 Å². The number of hydrogen-bond donors (Lipinski definition) is 2. The van der Waals surface area contributed by atoms with Crippen LogP contribution in [-0.2, 0) is 4.79 Å². The molecule has 3 atom stereocenters. The van der Waals surface area contributed by atoms with Crippen molar-refractivity contribution in [1.29, 1.82) is 0 Å². The van der Waals surface area contributed by atoms with E-state index in [4.69, 9.17) is 5.73 Å². The van der Waals surface area contributed by atoms with Gasteiger partial charge in [0.1, 0.15) is 0 Å². The minimum atomic E-state index is 0.0827. The van der Waals surface area contributed by atoms with Gasteiger partial charge < -0.3 is 11.1 Å². The molecule has 2 aliphatic rings. The first-order valence-corrected chi connectivity index (χ1v) is 5.31. The first kappa shape index (κ1) is 9.00. The van der Waals surface area contributed by atoms with Crippen molar-refractivity contribution < 1.29 is 4.79 Å². The fourth-order valence-corrected chi connectivity index (χ4v) is 2.66. The molecule has 3 heteroatoms. The maximum Gasteiger partial charge on any atom is 0.224 e. The number of nitrogens with two attached hydrogens (primary N) is 1. The zero-order valence-corrected chi connectivity index (χ0v) is 7.96. The van der Waals surface area contributed by atoms with E-state index in [1.807, 2.05) is 0 Å². The van der Waals surface area contributed by atoms with Gasteiger partial charge in [0.15, 0.2) is 0 Å². The molecular formula is C10H18N2O. The summed E-state index contributed by atoms with van der Waals surface area (Å²) in [6.07, 6.45) is 6.07. The predicted molar refractivity (Wildman–Crippen MR) is 51.1 cm³/mol. The standard InChI is InChI=1S/C10H18N2O/c11-6-8-5-7-3-1-2-4-9(7)12-10(8)13/h7-9H,1-6,11H2,(H,12,13)/t7-,8-,9+/m0/s1. The Morgan fingerprint density at radius 3 is 2.92 bits per heavy atom. The highest BCUT2D eigenvalue weighted by Crippen LogP contribution is 2.32. The third kappa shape index (κ3) is 1.70. The summed E-state index contributed by atoms with van der Waals surface area (Å²) in [4.78, 5) is 11.5. The normalized spacial score (nSPS) is 39.5. The lowest BCUT2D eigenvalue weighted by Gasteiger charge is -2.39. The summed E-state index contributed by atoms with van der Waals surface area (Å²) in [6.45, 7) is 0.509. The number of hydrogen-bond acceptors (Lipinski definition) is 2. The van der Waals surface area contributed by atoms with Crippen molar-refractivity contribution >= 4 is 5.91 Å². The minimum Gasteiger partial charge on any atom is -0.353 e. The first-order chi connectivity index (χ1) is 6.31. The molecule has 0 aromatic rings. The van der Waals surface area contributed by atoms with Gasteiger partial charge in [-0.25, -0.2) is 0 Å². The van der Waals surface area contributed by atoms with Crippen LogP contribution in [0.3, 0.4) is 0 Å². The van der Waals surface area contributed by atoms with Gasteiger partial charge in [-0.15, -0.1) is 0 Å². The van der Waals surface area contributed by atoms with Crippen LogP contribution < -0.4 is 11.1 Å². The molecule has 1 heterocycles. The van der Waals surface area contributed by atoms with Crippen LogP contribution in [0.5, 0.6) is 0 Å². The van der Waals surface area contributed by atoms with Crippen molar-refractivity contribution in [2.45, 2.75) is 38.1 Å². The second kappa shape index (κ2) is 3.66. The van der Waals surface area contributed by atoms with Crippen LogP contribution in [0.1, 0.15) is 32.1 Å². The van der Waals surface area contributed by atoms with E-state index in [0.29, 0.717) is 18.5 Å². The van der Waals surface area contributed by atoms with Crippen molar-refractivity contribution in [2.24, 2.45) is 17.6 Å². The van der Waals surface area contributed by atoms with Gasteiger partial charge in [0, 0.05) is 12.6 Å². The van der Waals surface area contributed by atoms with Gasteiger partial charge in [0.05, 0.1) is 5.92 Å².